The van der Waals surface area contributed by atoms with Gasteiger partial charge in [-0.2, -0.15) is 0 Å². The van der Waals surface area contributed by atoms with Crippen LogP contribution in [0.3, 0.4) is 0 Å². The molecule has 2 aromatic heterocycles. The topological polar surface area (TPSA) is 41.1 Å². The van der Waals surface area contributed by atoms with Gasteiger partial charge in [0, 0.05) is 44.0 Å². The summed E-state index contributed by atoms with van der Waals surface area (Å²) < 4.78 is 0. The highest BCUT2D eigenvalue weighted by atomic mass is 15.2. The van der Waals surface area contributed by atoms with Crippen LogP contribution in [0.15, 0.2) is 60.9 Å². The summed E-state index contributed by atoms with van der Waals surface area (Å²) in [6.07, 6.45) is 3.79. The molecular weight excluding hydrogens is 284 g/mol. The highest BCUT2D eigenvalue weighted by Gasteiger charge is 2.25. The molecule has 4 nitrogen and oxygen atoms in total. The van der Waals surface area contributed by atoms with Gasteiger partial charge in [0.1, 0.15) is 0 Å². The van der Waals surface area contributed by atoms with Gasteiger partial charge in [0.15, 0.2) is 0 Å². The maximum atomic E-state index is 4.94. The van der Waals surface area contributed by atoms with Crippen molar-refractivity contribution in [3.05, 3.63) is 72.2 Å². The standard InChI is InChI=1S/C19H20N4/c1-2-6-17-15(4-1)7-8-18(22-17)19(16-5-3-9-21-14-16)23-12-10-20-11-13-23/h1-9,14,19-20H,10-13H2. The average Bonchev–Trinajstić information content (AvgIpc) is 2.64. The van der Waals surface area contributed by atoms with Crippen molar-refractivity contribution in [1.29, 1.82) is 0 Å². The van der Waals surface area contributed by atoms with Crippen molar-refractivity contribution in [3.8, 4) is 0 Å². The van der Waals surface area contributed by atoms with Gasteiger partial charge in [0.2, 0.25) is 0 Å². The molecule has 1 aliphatic rings. The van der Waals surface area contributed by atoms with Crippen molar-refractivity contribution in [2.45, 2.75) is 6.04 Å². The fourth-order valence-corrected chi connectivity index (χ4v) is 3.28. The number of rotatable bonds is 3. The molecule has 0 bridgehead atoms. The zero-order valence-corrected chi connectivity index (χ0v) is 13.0. The third-order valence-corrected chi connectivity index (χ3v) is 4.42. The summed E-state index contributed by atoms with van der Waals surface area (Å²) in [7, 11) is 0. The quantitative estimate of drug-likeness (QED) is 0.807. The first-order chi connectivity index (χ1) is 11.4. The number of nitrogens with one attached hydrogen (secondary N) is 1. The van der Waals surface area contributed by atoms with Gasteiger partial charge in [-0.25, -0.2) is 0 Å². The number of piperazine rings is 1. The van der Waals surface area contributed by atoms with Crippen molar-refractivity contribution in [3.63, 3.8) is 0 Å². The minimum atomic E-state index is 0.162. The second-order valence-electron chi connectivity index (χ2n) is 5.90. The van der Waals surface area contributed by atoms with E-state index in [2.05, 4.69) is 51.6 Å². The van der Waals surface area contributed by atoms with E-state index in [0.29, 0.717) is 0 Å². The van der Waals surface area contributed by atoms with Gasteiger partial charge in [0.25, 0.3) is 0 Å². The first-order valence-electron chi connectivity index (χ1n) is 8.12. The van der Waals surface area contributed by atoms with E-state index in [1.54, 1.807) is 0 Å². The molecule has 1 unspecified atom stereocenters. The molecule has 0 aliphatic carbocycles. The van der Waals surface area contributed by atoms with Gasteiger partial charge in [-0.1, -0.05) is 30.3 Å². The Labute approximate surface area is 136 Å². The average molecular weight is 304 g/mol. The van der Waals surface area contributed by atoms with Gasteiger partial charge < -0.3 is 5.32 Å². The Hall–Kier alpha value is -2.30. The Bertz CT molecular complexity index is 781. The highest BCUT2D eigenvalue weighted by molar-refractivity contribution is 5.78. The zero-order chi connectivity index (χ0) is 15.5. The molecule has 23 heavy (non-hydrogen) atoms. The Balaban J connectivity index is 1.79. The predicted octanol–water partition coefficient (Wildman–Crippen LogP) is 2.62. The minimum absolute atomic E-state index is 0.162. The monoisotopic (exact) mass is 304 g/mol. The molecule has 0 spiro atoms. The molecule has 4 rings (SSSR count). The summed E-state index contributed by atoms with van der Waals surface area (Å²) in [5, 5.41) is 4.61. The van der Waals surface area contributed by atoms with Crippen LogP contribution in [-0.2, 0) is 0 Å². The van der Waals surface area contributed by atoms with Crippen LogP contribution in [0, 0.1) is 0 Å². The predicted molar refractivity (Wildman–Crippen MR) is 92.3 cm³/mol. The Kier molecular flexibility index (Phi) is 4.01. The molecule has 1 aliphatic heterocycles. The lowest BCUT2D eigenvalue weighted by molar-refractivity contribution is 0.195. The van der Waals surface area contributed by atoms with Gasteiger partial charge >= 0.3 is 0 Å². The fraction of sp³-hybridized carbons (Fsp3) is 0.263. The number of nitrogens with zero attached hydrogens (tertiary/aromatic N) is 3. The molecule has 116 valence electrons. The maximum absolute atomic E-state index is 4.94. The van der Waals surface area contributed by atoms with Gasteiger partial charge in [-0.3, -0.25) is 14.9 Å². The Morgan fingerprint density at radius 3 is 2.65 bits per heavy atom. The minimum Gasteiger partial charge on any atom is -0.314 e. The lowest BCUT2D eigenvalue weighted by Gasteiger charge is -2.34. The van der Waals surface area contributed by atoms with E-state index in [-0.39, 0.29) is 6.04 Å². The van der Waals surface area contributed by atoms with Gasteiger partial charge in [0.05, 0.1) is 17.3 Å². The van der Waals surface area contributed by atoms with E-state index in [1.807, 2.05) is 24.5 Å². The SMILES string of the molecule is c1cncc(C(c2ccc3ccccc3n2)N2CCNCC2)c1. The van der Waals surface area contributed by atoms with Crippen molar-refractivity contribution < 1.29 is 0 Å². The number of benzene rings is 1. The van der Waals surface area contributed by atoms with E-state index in [0.717, 1.165) is 37.4 Å². The molecule has 3 heterocycles. The largest absolute Gasteiger partial charge is 0.314 e. The van der Waals surface area contributed by atoms with Crippen LogP contribution in [0.5, 0.6) is 0 Å². The second kappa shape index (κ2) is 6.44. The van der Waals surface area contributed by atoms with Crippen LogP contribution in [0.4, 0.5) is 0 Å². The number of fused-ring (bicyclic) bond motifs is 1. The Morgan fingerprint density at radius 2 is 1.83 bits per heavy atom. The molecule has 3 aromatic rings. The van der Waals surface area contributed by atoms with Gasteiger partial charge in [-0.05, 0) is 23.8 Å². The highest BCUT2D eigenvalue weighted by Crippen LogP contribution is 2.28. The molecule has 4 heteroatoms. The summed E-state index contributed by atoms with van der Waals surface area (Å²) in [6.45, 7) is 4.08. The van der Waals surface area contributed by atoms with Crippen molar-refractivity contribution in [2.75, 3.05) is 26.2 Å². The molecule has 1 saturated heterocycles. The van der Waals surface area contributed by atoms with Crippen LogP contribution in [0.1, 0.15) is 17.3 Å². The normalized spacial score (nSPS) is 17.2. The summed E-state index contributed by atoms with van der Waals surface area (Å²) in [6, 6.07) is 16.9. The van der Waals surface area contributed by atoms with E-state index in [4.69, 9.17) is 4.98 Å². The first kappa shape index (κ1) is 14.3. The summed E-state index contributed by atoms with van der Waals surface area (Å²) >= 11 is 0. The van der Waals surface area contributed by atoms with E-state index < -0.39 is 0 Å². The van der Waals surface area contributed by atoms with Crippen LogP contribution in [-0.4, -0.2) is 41.0 Å². The smallest absolute Gasteiger partial charge is 0.0792 e. The number of hydrogen-bond acceptors (Lipinski definition) is 4. The van der Waals surface area contributed by atoms with Crippen LogP contribution in [0.25, 0.3) is 10.9 Å². The van der Waals surface area contributed by atoms with Crippen LogP contribution in [0.2, 0.25) is 0 Å². The van der Waals surface area contributed by atoms with E-state index >= 15 is 0 Å². The summed E-state index contributed by atoms with van der Waals surface area (Å²) in [4.78, 5) is 11.7. The van der Waals surface area contributed by atoms with Crippen molar-refractivity contribution >= 4 is 10.9 Å². The van der Waals surface area contributed by atoms with E-state index in [9.17, 15) is 0 Å². The molecule has 0 radical (unpaired) electrons. The lowest BCUT2D eigenvalue weighted by atomic mass is 10.0. The molecule has 1 aromatic carbocycles. The molecule has 0 saturated carbocycles. The molecule has 1 atom stereocenters. The van der Waals surface area contributed by atoms with Crippen LogP contribution >= 0.6 is 0 Å². The third kappa shape index (κ3) is 2.96. The zero-order valence-electron chi connectivity index (χ0n) is 13.0. The van der Waals surface area contributed by atoms with Crippen LogP contribution < -0.4 is 5.32 Å². The van der Waals surface area contributed by atoms with E-state index in [1.165, 1.54) is 10.9 Å². The summed E-state index contributed by atoms with van der Waals surface area (Å²) in [5.41, 5.74) is 3.35. The molecule has 1 fully saturated rings. The number of pyridine rings is 2. The number of hydrogen-bond donors (Lipinski definition) is 1. The molecule has 1 N–H and O–H groups in total. The fourth-order valence-electron chi connectivity index (χ4n) is 3.28. The van der Waals surface area contributed by atoms with Crippen molar-refractivity contribution in [2.24, 2.45) is 0 Å². The second-order valence-corrected chi connectivity index (χ2v) is 5.90. The third-order valence-electron chi connectivity index (χ3n) is 4.42. The lowest BCUT2D eigenvalue weighted by Crippen LogP contribution is -2.45. The van der Waals surface area contributed by atoms with Gasteiger partial charge in [-0.15, -0.1) is 0 Å². The summed E-state index contributed by atoms with van der Waals surface area (Å²) in [5.74, 6) is 0. The number of para-hydroxylation sites is 1. The van der Waals surface area contributed by atoms with Crippen molar-refractivity contribution in [1.82, 2.24) is 20.2 Å². The molecule has 0 amide bonds. The molecular formula is C19H20N4. The maximum Gasteiger partial charge on any atom is 0.0792 e. The Morgan fingerprint density at radius 1 is 0.957 bits per heavy atom. The number of aromatic nitrogens is 2. The first-order valence-corrected chi connectivity index (χ1v) is 8.12.